The summed E-state index contributed by atoms with van der Waals surface area (Å²) in [5, 5.41) is 11.4. The Morgan fingerprint density at radius 2 is 2.22 bits per heavy atom. The van der Waals surface area contributed by atoms with E-state index in [-0.39, 0.29) is 5.95 Å². The van der Waals surface area contributed by atoms with Crippen LogP contribution >= 0.6 is 22.6 Å². The Labute approximate surface area is 117 Å². The summed E-state index contributed by atoms with van der Waals surface area (Å²) < 4.78 is 0.914. The molecule has 0 unspecified atom stereocenters. The van der Waals surface area contributed by atoms with E-state index in [0.717, 1.165) is 27.1 Å². The maximum absolute atomic E-state index is 5.53. The first kappa shape index (κ1) is 11.3. The molecule has 0 saturated carbocycles. The predicted molar refractivity (Wildman–Crippen MR) is 79.7 cm³/mol. The van der Waals surface area contributed by atoms with Crippen molar-refractivity contribution in [3.8, 4) is 0 Å². The third-order valence-electron chi connectivity index (χ3n) is 2.55. The van der Waals surface area contributed by atoms with E-state index in [9.17, 15) is 0 Å². The number of hydrogen-bond donors (Lipinski definition) is 2. The Balaban J connectivity index is 1.83. The Hall–Kier alpha value is -1.77. The predicted octanol–water partition coefficient (Wildman–Crippen LogP) is 1.89. The third-order valence-corrected chi connectivity index (χ3v) is 3.35. The van der Waals surface area contributed by atoms with Crippen molar-refractivity contribution in [1.29, 1.82) is 0 Å². The summed E-state index contributed by atoms with van der Waals surface area (Å²) in [4.78, 5) is 7.95. The van der Waals surface area contributed by atoms with Gasteiger partial charge in [-0.05, 0) is 34.7 Å². The first-order valence-electron chi connectivity index (χ1n) is 5.30. The van der Waals surface area contributed by atoms with E-state index < -0.39 is 0 Å². The monoisotopic (exact) mass is 352 g/mol. The molecular weight excluding hydrogens is 343 g/mol. The van der Waals surface area contributed by atoms with Crippen LogP contribution in [0.2, 0.25) is 0 Å². The van der Waals surface area contributed by atoms with E-state index >= 15 is 0 Å². The normalized spacial score (nSPS) is 17.4. The molecule has 3 N–H and O–H groups in total. The molecule has 2 aliphatic rings. The molecule has 90 valence electrons. The second kappa shape index (κ2) is 4.48. The molecule has 1 aromatic rings. The maximum atomic E-state index is 5.53. The number of allylic oxidation sites excluding steroid dienone is 3. The van der Waals surface area contributed by atoms with Gasteiger partial charge in [-0.1, -0.05) is 6.08 Å². The molecule has 0 atom stereocenters. The lowest BCUT2D eigenvalue weighted by molar-refractivity contribution is 1.17. The van der Waals surface area contributed by atoms with Crippen LogP contribution in [0.4, 0.5) is 11.8 Å². The van der Waals surface area contributed by atoms with Crippen LogP contribution in [0.3, 0.4) is 0 Å². The number of nitrogens with one attached hydrogen (secondary N) is 1. The van der Waals surface area contributed by atoms with Gasteiger partial charge in [-0.3, -0.25) is 0 Å². The van der Waals surface area contributed by atoms with Gasteiger partial charge in [-0.15, -0.1) is 5.10 Å². The van der Waals surface area contributed by atoms with Crippen LogP contribution in [-0.4, -0.2) is 19.4 Å². The minimum absolute atomic E-state index is 0.253. The van der Waals surface area contributed by atoms with Crippen molar-refractivity contribution in [3.05, 3.63) is 35.7 Å². The van der Waals surface area contributed by atoms with Crippen molar-refractivity contribution in [1.82, 2.24) is 9.97 Å². The van der Waals surface area contributed by atoms with Gasteiger partial charge in [0.15, 0.2) is 0 Å². The Morgan fingerprint density at radius 3 is 3.06 bits per heavy atom. The zero-order valence-electron chi connectivity index (χ0n) is 9.26. The zero-order chi connectivity index (χ0) is 12.5. The molecule has 0 fully saturated rings. The topological polar surface area (TPSA) is 88.5 Å². The molecule has 1 aromatic heterocycles. The summed E-state index contributed by atoms with van der Waals surface area (Å²) in [5.74, 6) is 0.930. The molecule has 6 nitrogen and oxygen atoms in total. The second-order valence-electron chi connectivity index (χ2n) is 3.78. The van der Waals surface area contributed by atoms with E-state index in [0.29, 0.717) is 5.82 Å². The number of nitrogens with zero attached hydrogens (tertiary/aromatic N) is 4. The van der Waals surface area contributed by atoms with Gasteiger partial charge in [-0.25, -0.2) is 4.98 Å². The molecule has 2 heterocycles. The summed E-state index contributed by atoms with van der Waals surface area (Å²) in [6, 6.07) is 1.77. The van der Waals surface area contributed by atoms with Gasteiger partial charge in [0.25, 0.3) is 0 Å². The quantitative estimate of drug-likeness (QED) is 0.796. The minimum Gasteiger partial charge on any atom is -0.368 e. The second-order valence-corrected chi connectivity index (χ2v) is 4.81. The number of halogens is 1. The van der Waals surface area contributed by atoms with Gasteiger partial charge < -0.3 is 11.1 Å². The van der Waals surface area contributed by atoms with Crippen LogP contribution in [0, 0.1) is 0 Å². The van der Waals surface area contributed by atoms with E-state index in [1.807, 2.05) is 12.2 Å². The Kier molecular flexibility index (Phi) is 2.82. The first-order valence-corrected chi connectivity index (χ1v) is 6.38. The number of aromatic nitrogens is 2. The van der Waals surface area contributed by atoms with Gasteiger partial charge in [0.2, 0.25) is 5.95 Å². The van der Waals surface area contributed by atoms with E-state index in [1.165, 1.54) is 0 Å². The van der Waals surface area contributed by atoms with Crippen LogP contribution < -0.4 is 11.1 Å². The van der Waals surface area contributed by atoms with Gasteiger partial charge in [0, 0.05) is 23.9 Å². The molecule has 0 radical (unpaired) electrons. The molecular formula is C11H9IN6. The molecule has 0 amide bonds. The van der Waals surface area contributed by atoms with Crippen LogP contribution in [0.1, 0.15) is 6.42 Å². The number of fused-ring (bicyclic) bond motifs is 1. The van der Waals surface area contributed by atoms with Crippen LogP contribution in [-0.2, 0) is 0 Å². The Bertz CT molecular complexity index is 628. The molecule has 0 spiro atoms. The lowest BCUT2D eigenvalue weighted by Crippen LogP contribution is -2.11. The van der Waals surface area contributed by atoms with E-state index in [2.05, 4.69) is 48.1 Å². The maximum Gasteiger partial charge on any atom is 0.221 e. The highest BCUT2D eigenvalue weighted by molar-refractivity contribution is 14.1. The molecule has 7 heteroatoms. The number of nitrogens with two attached hydrogens (primary N) is 1. The van der Waals surface area contributed by atoms with Crippen molar-refractivity contribution in [2.45, 2.75) is 6.42 Å². The van der Waals surface area contributed by atoms with Crippen molar-refractivity contribution in [3.63, 3.8) is 0 Å². The largest absolute Gasteiger partial charge is 0.368 e. The molecule has 1 aliphatic heterocycles. The molecule has 0 aromatic carbocycles. The fraction of sp³-hybridized carbons (Fsp3) is 0.0909. The number of rotatable bonds is 2. The summed E-state index contributed by atoms with van der Waals surface area (Å²) >= 11 is 2.18. The SMILES string of the molecule is Nc1nccc(NC2=CCC3=NN=C(I)C3=C2)n1. The molecule has 18 heavy (non-hydrogen) atoms. The van der Waals surface area contributed by atoms with E-state index in [4.69, 9.17) is 5.73 Å². The van der Waals surface area contributed by atoms with Crippen LogP contribution in [0.15, 0.2) is 45.9 Å². The summed E-state index contributed by atoms with van der Waals surface area (Å²) in [7, 11) is 0. The first-order chi connectivity index (χ1) is 8.72. The van der Waals surface area contributed by atoms with Gasteiger partial charge in [0.05, 0.1) is 5.71 Å². The Morgan fingerprint density at radius 1 is 1.33 bits per heavy atom. The van der Waals surface area contributed by atoms with Crippen LogP contribution in [0.25, 0.3) is 0 Å². The number of hydrogen-bond acceptors (Lipinski definition) is 6. The fourth-order valence-electron chi connectivity index (χ4n) is 1.72. The molecule has 0 saturated heterocycles. The average molecular weight is 352 g/mol. The smallest absolute Gasteiger partial charge is 0.221 e. The standard InChI is InChI=1S/C11H9IN6/c12-10-7-5-6(1-2-8(7)17-18-10)15-9-3-4-14-11(13)16-9/h1,3-5H,2H2,(H3,13,14,15,16). The van der Waals surface area contributed by atoms with Crippen molar-refractivity contribution < 1.29 is 0 Å². The fourth-order valence-corrected chi connectivity index (χ4v) is 2.30. The molecule has 3 rings (SSSR count). The van der Waals surface area contributed by atoms with Crippen molar-refractivity contribution in [2.75, 3.05) is 11.1 Å². The number of nitrogen functional groups attached to an aromatic ring is 1. The van der Waals surface area contributed by atoms with Crippen molar-refractivity contribution in [2.24, 2.45) is 10.2 Å². The number of anilines is 2. The highest BCUT2D eigenvalue weighted by atomic mass is 127. The highest BCUT2D eigenvalue weighted by Gasteiger charge is 2.20. The van der Waals surface area contributed by atoms with Gasteiger partial charge >= 0.3 is 0 Å². The van der Waals surface area contributed by atoms with Crippen molar-refractivity contribution >= 4 is 43.8 Å². The van der Waals surface area contributed by atoms with Crippen LogP contribution in [0.5, 0.6) is 0 Å². The highest BCUT2D eigenvalue weighted by Crippen LogP contribution is 2.24. The zero-order valence-corrected chi connectivity index (χ0v) is 11.4. The lowest BCUT2D eigenvalue weighted by Gasteiger charge is -2.12. The lowest BCUT2D eigenvalue weighted by atomic mass is 10.0. The molecule has 1 aliphatic carbocycles. The van der Waals surface area contributed by atoms with E-state index in [1.54, 1.807) is 12.3 Å². The minimum atomic E-state index is 0.253. The van der Waals surface area contributed by atoms with Gasteiger partial charge in [0.1, 0.15) is 9.54 Å². The summed E-state index contributed by atoms with van der Waals surface area (Å²) in [5.41, 5.74) is 8.58. The summed E-state index contributed by atoms with van der Waals surface area (Å²) in [6.45, 7) is 0. The summed E-state index contributed by atoms with van der Waals surface area (Å²) in [6.07, 6.45) is 6.45. The average Bonchev–Trinajstić information content (AvgIpc) is 2.71. The third kappa shape index (κ3) is 2.13. The molecule has 0 bridgehead atoms. The van der Waals surface area contributed by atoms with Gasteiger partial charge in [-0.2, -0.15) is 10.1 Å².